The zero-order chi connectivity index (χ0) is 23.0. The maximum absolute atomic E-state index is 12.9. The highest BCUT2D eigenvalue weighted by Crippen LogP contribution is 2.26. The van der Waals surface area contributed by atoms with E-state index in [9.17, 15) is 24.6 Å². The summed E-state index contributed by atoms with van der Waals surface area (Å²) in [5.74, 6) is -2.09. The van der Waals surface area contributed by atoms with E-state index in [1.807, 2.05) is 0 Å². The number of H-pyrrole nitrogens is 1. The molecule has 2 aromatic carbocycles. The van der Waals surface area contributed by atoms with Gasteiger partial charge in [-0.15, -0.1) is 0 Å². The number of hydrogen-bond acceptors (Lipinski definition) is 6. The number of furan rings is 1. The predicted molar refractivity (Wildman–Crippen MR) is 113 cm³/mol. The van der Waals surface area contributed by atoms with Crippen molar-refractivity contribution in [1.29, 1.82) is 0 Å². The summed E-state index contributed by atoms with van der Waals surface area (Å²) in [6.45, 7) is 3.82. The monoisotopic (exact) mass is 448 g/mol. The van der Waals surface area contributed by atoms with E-state index in [-0.39, 0.29) is 26.7 Å². The van der Waals surface area contributed by atoms with Crippen LogP contribution in [0.25, 0.3) is 29.7 Å². The van der Waals surface area contributed by atoms with Crippen LogP contribution < -0.4 is 26.3 Å². The van der Waals surface area contributed by atoms with E-state index in [0.717, 1.165) is 4.68 Å². The molecule has 0 radical (unpaired) electrons. The van der Waals surface area contributed by atoms with Gasteiger partial charge in [-0.3, -0.25) is 9.89 Å². The van der Waals surface area contributed by atoms with Crippen LogP contribution in [0.4, 0.5) is 0 Å². The summed E-state index contributed by atoms with van der Waals surface area (Å²) in [7, 11) is 0. The topological polar surface area (TPSA) is 131 Å². The fourth-order valence-electron chi connectivity index (χ4n) is 3.16. The van der Waals surface area contributed by atoms with Gasteiger partial charge in [-0.1, -0.05) is 30.3 Å². The summed E-state index contributed by atoms with van der Waals surface area (Å²) >= 11 is 5.86. The molecule has 0 saturated carbocycles. The van der Waals surface area contributed by atoms with Gasteiger partial charge in [0.2, 0.25) is 0 Å². The lowest BCUT2D eigenvalue weighted by Gasteiger charge is -2.06. The van der Waals surface area contributed by atoms with Gasteiger partial charge in [0.05, 0.1) is 28.2 Å². The number of carboxylic acids is 2. The molecule has 0 unspecified atom stereocenters. The average Bonchev–Trinajstić information content (AvgIpc) is 3.34. The molecule has 0 bridgehead atoms. The standard InChI is InChI=1S/C23H15ClN2O6/c1-12-17(21(27)26(25-12)15-4-2-3-14(9-15)22(28)29)11-16-6-8-20(32-16)13-5-7-19(24)18(10-13)23(30)31/h2-11,25H,1H2,(H,28,29)(H,30,31)/p-2/b17-11-. The fraction of sp³-hybridized carbons (Fsp3) is 0. The van der Waals surface area contributed by atoms with E-state index in [4.69, 9.17) is 16.0 Å². The molecule has 4 aromatic rings. The molecular formula is C23H13ClN2O6-2. The maximum Gasteiger partial charge on any atom is 0.279 e. The van der Waals surface area contributed by atoms with Crippen molar-refractivity contribution in [1.82, 2.24) is 9.78 Å². The molecule has 32 heavy (non-hydrogen) atoms. The Hall–Kier alpha value is -4.30. The summed E-state index contributed by atoms with van der Waals surface area (Å²) in [4.78, 5) is 35.2. The highest BCUT2D eigenvalue weighted by molar-refractivity contribution is 6.33. The van der Waals surface area contributed by atoms with Crippen LogP contribution in [0, 0.1) is 0 Å². The lowest BCUT2D eigenvalue weighted by molar-refractivity contribution is -0.256. The lowest BCUT2D eigenvalue weighted by atomic mass is 10.1. The van der Waals surface area contributed by atoms with Gasteiger partial charge in [-0.2, -0.15) is 0 Å². The van der Waals surface area contributed by atoms with E-state index in [1.54, 1.807) is 24.3 Å². The van der Waals surface area contributed by atoms with Crippen LogP contribution in [0.5, 0.6) is 0 Å². The molecule has 2 aromatic heterocycles. The van der Waals surface area contributed by atoms with Crippen LogP contribution in [-0.4, -0.2) is 21.7 Å². The highest BCUT2D eigenvalue weighted by atomic mass is 35.5. The maximum atomic E-state index is 12.9. The molecule has 0 spiro atoms. The van der Waals surface area contributed by atoms with Crippen molar-refractivity contribution in [3.63, 3.8) is 0 Å². The third-order valence-electron chi connectivity index (χ3n) is 4.73. The number of aromatic nitrogens is 2. The Kier molecular flexibility index (Phi) is 5.29. The summed E-state index contributed by atoms with van der Waals surface area (Å²) < 4.78 is 6.90. The Bertz CT molecular complexity index is 1540. The molecule has 0 saturated heterocycles. The number of carbonyl (C=O) groups is 2. The second kappa shape index (κ2) is 8.09. The summed E-state index contributed by atoms with van der Waals surface area (Å²) in [5, 5.41) is 25.6. The molecule has 0 aliphatic rings. The number of halogens is 1. The third-order valence-corrected chi connectivity index (χ3v) is 5.06. The first-order chi connectivity index (χ1) is 15.2. The van der Waals surface area contributed by atoms with E-state index in [0.29, 0.717) is 22.8 Å². The quantitative estimate of drug-likeness (QED) is 0.459. The molecular weight excluding hydrogens is 436 g/mol. The predicted octanol–water partition coefficient (Wildman–Crippen LogP) is 0.0451. The van der Waals surface area contributed by atoms with Gasteiger partial charge in [0.15, 0.2) is 0 Å². The number of aromatic amines is 1. The van der Waals surface area contributed by atoms with Crippen molar-refractivity contribution in [2.45, 2.75) is 0 Å². The van der Waals surface area contributed by atoms with Crippen molar-refractivity contribution in [2.75, 3.05) is 0 Å². The minimum absolute atomic E-state index is 0.0458. The zero-order valence-corrected chi connectivity index (χ0v) is 17.0. The molecule has 9 heteroatoms. The van der Waals surface area contributed by atoms with Crippen LogP contribution in [-0.2, 0) is 0 Å². The van der Waals surface area contributed by atoms with E-state index >= 15 is 0 Å². The number of nitrogens with zero attached hydrogens (tertiary/aromatic N) is 1. The van der Waals surface area contributed by atoms with E-state index < -0.39 is 17.5 Å². The van der Waals surface area contributed by atoms with Crippen molar-refractivity contribution >= 4 is 36.2 Å². The van der Waals surface area contributed by atoms with Crippen molar-refractivity contribution in [2.24, 2.45) is 0 Å². The number of benzene rings is 2. The Morgan fingerprint density at radius 1 is 1.06 bits per heavy atom. The van der Waals surface area contributed by atoms with E-state index in [2.05, 4.69) is 11.7 Å². The number of carboxylic acid groups (broad SMARTS) is 2. The fourth-order valence-corrected chi connectivity index (χ4v) is 3.36. The largest absolute Gasteiger partial charge is 0.545 e. The SMILES string of the molecule is C=c1[nH]n(-c2cccc(C(=O)[O-])c2)c(=O)/c1=C\c1ccc(-c2ccc(Cl)c(C(=O)[O-])c2)o1. The van der Waals surface area contributed by atoms with Gasteiger partial charge in [-0.05, 0) is 54.1 Å². The second-order valence-electron chi connectivity index (χ2n) is 6.81. The molecule has 0 aliphatic carbocycles. The Morgan fingerprint density at radius 3 is 2.56 bits per heavy atom. The molecule has 1 N–H and O–H groups in total. The molecule has 0 atom stereocenters. The Labute approximate surface area is 184 Å². The number of aromatic carboxylic acids is 2. The molecule has 2 heterocycles. The lowest BCUT2D eigenvalue weighted by Crippen LogP contribution is -2.34. The minimum atomic E-state index is -1.41. The van der Waals surface area contributed by atoms with Crippen LogP contribution in [0.1, 0.15) is 26.5 Å². The first-order valence-corrected chi connectivity index (χ1v) is 9.57. The average molecular weight is 449 g/mol. The number of nitrogens with one attached hydrogen (secondary N) is 1. The molecule has 0 fully saturated rings. The van der Waals surface area contributed by atoms with E-state index in [1.165, 1.54) is 36.4 Å². The van der Waals surface area contributed by atoms with Gasteiger partial charge < -0.3 is 24.2 Å². The molecule has 0 aliphatic heterocycles. The van der Waals surface area contributed by atoms with Gasteiger partial charge in [0, 0.05) is 16.1 Å². The molecule has 160 valence electrons. The summed E-state index contributed by atoms with van der Waals surface area (Å²) in [6.07, 6.45) is 1.47. The number of carbonyl (C=O) groups excluding carboxylic acids is 2. The number of rotatable bonds is 5. The third kappa shape index (κ3) is 3.86. The second-order valence-corrected chi connectivity index (χ2v) is 7.22. The van der Waals surface area contributed by atoms with Crippen LogP contribution in [0.15, 0.2) is 63.8 Å². The normalized spacial score (nSPS) is 11.6. The number of hydrogen-bond donors (Lipinski definition) is 1. The van der Waals surface area contributed by atoms with Gasteiger partial charge >= 0.3 is 0 Å². The summed E-state index contributed by atoms with van der Waals surface area (Å²) in [5.41, 5.74) is 0.0633. The van der Waals surface area contributed by atoms with Crippen molar-refractivity contribution in [3.8, 4) is 17.0 Å². The minimum Gasteiger partial charge on any atom is -0.545 e. The van der Waals surface area contributed by atoms with Gasteiger partial charge in [0.1, 0.15) is 11.5 Å². The molecule has 8 nitrogen and oxygen atoms in total. The van der Waals surface area contributed by atoms with Crippen molar-refractivity contribution < 1.29 is 24.2 Å². The van der Waals surface area contributed by atoms with Crippen LogP contribution in [0.2, 0.25) is 5.02 Å². The first kappa shape index (κ1) is 21.0. The van der Waals surface area contributed by atoms with Crippen LogP contribution in [0.3, 0.4) is 0 Å². The Balaban J connectivity index is 1.75. The summed E-state index contributed by atoms with van der Waals surface area (Å²) in [6, 6.07) is 13.3. The smallest absolute Gasteiger partial charge is 0.279 e. The molecule has 0 amide bonds. The first-order valence-electron chi connectivity index (χ1n) is 9.19. The van der Waals surface area contributed by atoms with Crippen LogP contribution >= 0.6 is 11.6 Å². The van der Waals surface area contributed by atoms with Gasteiger partial charge in [-0.25, -0.2) is 4.68 Å². The highest BCUT2D eigenvalue weighted by Gasteiger charge is 2.10. The van der Waals surface area contributed by atoms with Gasteiger partial charge in [0.25, 0.3) is 5.56 Å². The zero-order valence-electron chi connectivity index (χ0n) is 16.3. The molecule has 4 rings (SSSR count). The van der Waals surface area contributed by atoms with Crippen molar-refractivity contribution in [3.05, 3.63) is 97.4 Å². The Morgan fingerprint density at radius 2 is 1.84 bits per heavy atom.